The van der Waals surface area contributed by atoms with E-state index in [-0.39, 0.29) is 30.6 Å². The number of ether oxygens (including phenoxy) is 1. The summed E-state index contributed by atoms with van der Waals surface area (Å²) in [6.45, 7) is 4.36. The van der Waals surface area contributed by atoms with Gasteiger partial charge in [-0.15, -0.1) is 0 Å². The first kappa shape index (κ1) is 21.2. The number of aromatic nitrogens is 3. The molecule has 2 aromatic heterocycles. The Hall–Kier alpha value is -3.47. The second-order valence-electron chi connectivity index (χ2n) is 7.49. The number of carbonyl (C=O) groups excluding carboxylic acids is 2. The van der Waals surface area contributed by atoms with Crippen LogP contribution in [0.1, 0.15) is 24.3 Å². The smallest absolute Gasteiger partial charge is 0.267 e. The van der Waals surface area contributed by atoms with Crippen LogP contribution in [-0.2, 0) is 4.79 Å². The molecule has 11 nitrogen and oxygen atoms in total. The molecule has 0 unspecified atom stereocenters. The molecular formula is C19H25N7O4. The Bertz CT molecular complexity index is 945. The van der Waals surface area contributed by atoms with Gasteiger partial charge in [0.15, 0.2) is 0 Å². The molecule has 0 aliphatic carbocycles. The van der Waals surface area contributed by atoms with Crippen molar-refractivity contribution in [2.24, 2.45) is 5.73 Å². The van der Waals surface area contributed by atoms with Crippen molar-refractivity contribution in [1.82, 2.24) is 15.0 Å². The number of amides is 2. The second kappa shape index (κ2) is 8.49. The maximum atomic E-state index is 12.8. The maximum Gasteiger partial charge on any atom is 0.267 e. The first-order valence-electron chi connectivity index (χ1n) is 9.37. The molecule has 2 aromatic rings. The SMILES string of the molecule is COc1cc(N2CCN(c3nc(NCC(C)(C)O)cc(C(N)=O)n3)CC2=O)ccn1. The number of hydrogen-bond acceptors (Lipinski definition) is 9. The summed E-state index contributed by atoms with van der Waals surface area (Å²) in [6.07, 6.45) is 1.58. The summed E-state index contributed by atoms with van der Waals surface area (Å²) in [4.78, 5) is 40.4. The van der Waals surface area contributed by atoms with Crippen molar-refractivity contribution in [2.75, 3.05) is 48.4 Å². The van der Waals surface area contributed by atoms with Gasteiger partial charge in [0.25, 0.3) is 5.91 Å². The van der Waals surface area contributed by atoms with Crippen LogP contribution in [0.3, 0.4) is 0 Å². The largest absolute Gasteiger partial charge is 0.481 e. The second-order valence-corrected chi connectivity index (χ2v) is 7.49. The van der Waals surface area contributed by atoms with Gasteiger partial charge in [0, 0.05) is 38.0 Å². The molecule has 0 spiro atoms. The number of pyridine rings is 1. The van der Waals surface area contributed by atoms with Crippen LogP contribution in [0.2, 0.25) is 0 Å². The molecule has 0 aromatic carbocycles. The fraction of sp³-hybridized carbons (Fsp3) is 0.421. The number of primary amides is 1. The Labute approximate surface area is 173 Å². The molecular weight excluding hydrogens is 390 g/mol. The van der Waals surface area contributed by atoms with Crippen molar-refractivity contribution in [2.45, 2.75) is 19.4 Å². The van der Waals surface area contributed by atoms with Crippen LogP contribution in [0.25, 0.3) is 0 Å². The minimum atomic E-state index is -0.981. The van der Waals surface area contributed by atoms with Gasteiger partial charge >= 0.3 is 0 Å². The molecule has 11 heteroatoms. The highest BCUT2D eigenvalue weighted by molar-refractivity contribution is 5.97. The number of nitrogens with one attached hydrogen (secondary N) is 1. The number of nitrogens with zero attached hydrogens (tertiary/aromatic N) is 5. The van der Waals surface area contributed by atoms with Gasteiger partial charge in [0.1, 0.15) is 18.1 Å². The average molecular weight is 415 g/mol. The zero-order valence-electron chi connectivity index (χ0n) is 17.1. The fourth-order valence-corrected chi connectivity index (χ4v) is 2.89. The van der Waals surface area contributed by atoms with Gasteiger partial charge in [-0.3, -0.25) is 9.59 Å². The zero-order chi connectivity index (χ0) is 21.9. The molecule has 3 rings (SSSR count). The number of carbonyl (C=O) groups is 2. The van der Waals surface area contributed by atoms with Crippen LogP contribution in [0.15, 0.2) is 24.4 Å². The topological polar surface area (TPSA) is 147 Å². The van der Waals surface area contributed by atoms with Crippen molar-refractivity contribution < 1.29 is 19.4 Å². The van der Waals surface area contributed by atoms with E-state index in [1.807, 2.05) is 0 Å². The molecule has 0 bridgehead atoms. The normalized spacial score (nSPS) is 14.6. The van der Waals surface area contributed by atoms with Gasteiger partial charge < -0.3 is 30.7 Å². The highest BCUT2D eigenvalue weighted by Gasteiger charge is 2.28. The molecule has 1 saturated heterocycles. The Balaban J connectivity index is 1.80. The summed E-state index contributed by atoms with van der Waals surface area (Å²) in [5.74, 6) is 0.102. The van der Waals surface area contributed by atoms with Gasteiger partial charge in [-0.1, -0.05) is 0 Å². The Morgan fingerprint density at radius 1 is 1.33 bits per heavy atom. The predicted octanol–water partition coefficient (Wildman–Crippen LogP) is 0.0151. The van der Waals surface area contributed by atoms with Crippen LogP contribution in [-0.4, -0.2) is 70.8 Å². The van der Waals surface area contributed by atoms with E-state index in [1.165, 1.54) is 13.2 Å². The van der Waals surface area contributed by atoms with Crippen LogP contribution in [0.4, 0.5) is 17.5 Å². The zero-order valence-corrected chi connectivity index (χ0v) is 17.1. The van der Waals surface area contributed by atoms with E-state index >= 15 is 0 Å². The van der Waals surface area contributed by atoms with Crippen LogP contribution < -0.4 is 25.6 Å². The third kappa shape index (κ3) is 5.11. The summed E-state index contributed by atoms with van der Waals surface area (Å²) < 4.78 is 5.12. The number of rotatable bonds is 7. The van der Waals surface area contributed by atoms with Crippen LogP contribution in [0.5, 0.6) is 5.88 Å². The predicted molar refractivity (Wildman–Crippen MR) is 111 cm³/mol. The van der Waals surface area contributed by atoms with Gasteiger partial charge in [-0.2, -0.15) is 4.98 Å². The molecule has 1 aliphatic rings. The molecule has 2 amide bonds. The number of anilines is 3. The molecule has 1 fully saturated rings. The first-order chi connectivity index (χ1) is 14.2. The molecule has 3 heterocycles. The maximum absolute atomic E-state index is 12.8. The van der Waals surface area contributed by atoms with Crippen LogP contribution in [0, 0.1) is 0 Å². The Morgan fingerprint density at radius 2 is 2.10 bits per heavy atom. The van der Waals surface area contributed by atoms with Crippen molar-refractivity contribution in [3.05, 3.63) is 30.1 Å². The Morgan fingerprint density at radius 3 is 2.73 bits per heavy atom. The minimum Gasteiger partial charge on any atom is -0.481 e. The third-order valence-corrected chi connectivity index (χ3v) is 4.41. The van der Waals surface area contributed by atoms with Gasteiger partial charge in [0.2, 0.25) is 17.7 Å². The van der Waals surface area contributed by atoms with E-state index in [2.05, 4.69) is 20.3 Å². The molecule has 1 aliphatic heterocycles. The average Bonchev–Trinajstić information content (AvgIpc) is 2.71. The molecule has 30 heavy (non-hydrogen) atoms. The van der Waals surface area contributed by atoms with E-state index in [0.717, 1.165) is 0 Å². The lowest BCUT2D eigenvalue weighted by Gasteiger charge is -2.34. The van der Waals surface area contributed by atoms with E-state index in [4.69, 9.17) is 10.5 Å². The van der Waals surface area contributed by atoms with Crippen molar-refractivity contribution in [1.29, 1.82) is 0 Å². The minimum absolute atomic E-state index is 0.0204. The highest BCUT2D eigenvalue weighted by Crippen LogP contribution is 2.23. The fourth-order valence-electron chi connectivity index (χ4n) is 2.89. The highest BCUT2D eigenvalue weighted by atomic mass is 16.5. The van der Waals surface area contributed by atoms with E-state index in [9.17, 15) is 14.7 Å². The summed E-state index contributed by atoms with van der Waals surface area (Å²) in [7, 11) is 1.51. The van der Waals surface area contributed by atoms with Crippen molar-refractivity contribution in [3.8, 4) is 5.88 Å². The van der Waals surface area contributed by atoms with Crippen molar-refractivity contribution >= 4 is 29.3 Å². The number of methoxy groups -OCH3 is 1. The van der Waals surface area contributed by atoms with Gasteiger partial charge in [-0.05, 0) is 19.9 Å². The van der Waals surface area contributed by atoms with E-state index < -0.39 is 11.5 Å². The standard InChI is InChI=1S/C19H25N7O4/c1-19(2,29)11-22-14-9-13(17(20)28)23-18(24-14)25-6-7-26(16(27)10-25)12-4-5-21-15(8-12)30-3/h4-5,8-9,29H,6-7,10-11H2,1-3H3,(H2,20,28)(H,22,23,24). The number of piperazine rings is 1. The molecule has 0 saturated carbocycles. The van der Waals surface area contributed by atoms with E-state index in [0.29, 0.717) is 30.5 Å². The van der Waals surface area contributed by atoms with Crippen LogP contribution >= 0.6 is 0 Å². The van der Waals surface area contributed by atoms with Gasteiger partial charge in [0.05, 0.1) is 18.4 Å². The summed E-state index contributed by atoms with van der Waals surface area (Å²) in [5, 5.41) is 12.9. The monoisotopic (exact) mass is 415 g/mol. The summed E-state index contributed by atoms with van der Waals surface area (Å²) in [6, 6.07) is 4.84. The quantitative estimate of drug-likeness (QED) is 0.569. The van der Waals surface area contributed by atoms with Crippen molar-refractivity contribution in [3.63, 3.8) is 0 Å². The number of hydrogen-bond donors (Lipinski definition) is 3. The lowest BCUT2D eigenvalue weighted by Crippen LogP contribution is -2.51. The molecule has 160 valence electrons. The molecule has 0 atom stereocenters. The summed E-state index contributed by atoms with van der Waals surface area (Å²) in [5.41, 5.74) is 5.12. The number of aliphatic hydroxyl groups is 1. The lowest BCUT2D eigenvalue weighted by molar-refractivity contribution is -0.117. The third-order valence-electron chi connectivity index (χ3n) is 4.41. The van der Waals surface area contributed by atoms with E-state index in [1.54, 1.807) is 42.0 Å². The molecule has 0 radical (unpaired) electrons. The molecule has 4 N–H and O–H groups in total. The number of nitrogens with two attached hydrogens (primary N) is 1. The first-order valence-corrected chi connectivity index (χ1v) is 9.37. The lowest BCUT2D eigenvalue weighted by atomic mass is 10.1. The Kier molecular flexibility index (Phi) is 6.01. The summed E-state index contributed by atoms with van der Waals surface area (Å²) >= 11 is 0. The van der Waals surface area contributed by atoms with Gasteiger partial charge in [-0.25, -0.2) is 9.97 Å².